The number of anilines is 1. The zero-order valence-electron chi connectivity index (χ0n) is 14.8. The lowest BCUT2D eigenvalue weighted by molar-refractivity contribution is -0.142. The van der Waals surface area contributed by atoms with Gasteiger partial charge in [-0.15, -0.1) is 0 Å². The number of carboxylic acid groups (broad SMARTS) is 1. The van der Waals surface area contributed by atoms with E-state index in [2.05, 4.69) is 17.0 Å². The van der Waals surface area contributed by atoms with Crippen LogP contribution >= 0.6 is 0 Å². The van der Waals surface area contributed by atoms with Crippen LogP contribution in [0.25, 0.3) is 0 Å². The maximum atomic E-state index is 12.8. The van der Waals surface area contributed by atoms with E-state index >= 15 is 0 Å². The van der Waals surface area contributed by atoms with Gasteiger partial charge in [0, 0.05) is 38.3 Å². The number of hydrogen-bond acceptors (Lipinski definition) is 3. The molecule has 1 N–H and O–H groups in total. The van der Waals surface area contributed by atoms with Crippen molar-refractivity contribution in [1.82, 2.24) is 4.90 Å². The minimum Gasteiger partial charge on any atom is -0.481 e. The van der Waals surface area contributed by atoms with Crippen LogP contribution < -0.4 is 4.90 Å². The van der Waals surface area contributed by atoms with Crippen molar-refractivity contribution < 1.29 is 14.7 Å². The number of carboxylic acids is 1. The first-order valence-corrected chi connectivity index (χ1v) is 9.38. The maximum absolute atomic E-state index is 12.8. The molecule has 0 aromatic heterocycles. The zero-order valence-corrected chi connectivity index (χ0v) is 14.8. The summed E-state index contributed by atoms with van der Waals surface area (Å²) in [6, 6.07) is 10.3. The molecule has 2 aliphatic rings. The third kappa shape index (κ3) is 4.53. The molecular weight excluding hydrogens is 316 g/mol. The van der Waals surface area contributed by atoms with Crippen LogP contribution in [0.4, 0.5) is 5.69 Å². The van der Waals surface area contributed by atoms with E-state index in [4.69, 9.17) is 0 Å². The quantitative estimate of drug-likeness (QED) is 0.891. The molecule has 1 aliphatic heterocycles. The van der Waals surface area contributed by atoms with Gasteiger partial charge in [0.05, 0.1) is 6.42 Å². The van der Waals surface area contributed by atoms with Crippen LogP contribution in [0.3, 0.4) is 0 Å². The Kier molecular flexibility index (Phi) is 5.61. The topological polar surface area (TPSA) is 60.9 Å². The Balaban J connectivity index is 1.57. The van der Waals surface area contributed by atoms with Gasteiger partial charge in [0.2, 0.25) is 5.91 Å². The van der Waals surface area contributed by atoms with Gasteiger partial charge in [-0.25, -0.2) is 0 Å². The van der Waals surface area contributed by atoms with Crippen LogP contribution in [0, 0.1) is 5.41 Å². The fourth-order valence-corrected chi connectivity index (χ4v) is 4.32. The largest absolute Gasteiger partial charge is 0.481 e. The predicted molar refractivity (Wildman–Crippen MR) is 97.6 cm³/mol. The highest BCUT2D eigenvalue weighted by Gasteiger charge is 2.38. The Morgan fingerprint density at radius 2 is 1.56 bits per heavy atom. The lowest BCUT2D eigenvalue weighted by atomic mass is 9.69. The van der Waals surface area contributed by atoms with Gasteiger partial charge in [0.15, 0.2) is 0 Å². The first kappa shape index (κ1) is 17.8. The number of para-hydroxylation sites is 1. The molecule has 0 unspecified atom stereocenters. The number of aliphatic carboxylic acids is 1. The zero-order chi connectivity index (χ0) is 17.7. The number of benzene rings is 1. The van der Waals surface area contributed by atoms with Crippen LogP contribution in [-0.2, 0) is 9.59 Å². The molecule has 0 atom stereocenters. The number of carbonyl (C=O) groups excluding carboxylic acids is 1. The van der Waals surface area contributed by atoms with Gasteiger partial charge >= 0.3 is 5.97 Å². The molecule has 1 aliphatic carbocycles. The Morgan fingerprint density at radius 1 is 0.920 bits per heavy atom. The van der Waals surface area contributed by atoms with Crippen molar-refractivity contribution >= 4 is 17.6 Å². The van der Waals surface area contributed by atoms with Crippen molar-refractivity contribution in [3.63, 3.8) is 0 Å². The van der Waals surface area contributed by atoms with Gasteiger partial charge < -0.3 is 14.9 Å². The molecule has 1 amide bonds. The fraction of sp³-hybridized carbons (Fsp3) is 0.600. The monoisotopic (exact) mass is 344 g/mol. The van der Waals surface area contributed by atoms with Crippen LogP contribution in [0.5, 0.6) is 0 Å². The highest BCUT2D eigenvalue weighted by atomic mass is 16.4. The Morgan fingerprint density at radius 3 is 2.16 bits per heavy atom. The molecular formula is C20H28N2O3. The highest BCUT2D eigenvalue weighted by Crippen LogP contribution is 2.42. The standard InChI is InChI=1S/C20H28N2O3/c23-18(15-20(16-19(24)25)9-5-2-6-10-20)22-13-11-21(12-14-22)17-7-3-1-4-8-17/h1,3-4,7-8H,2,5-6,9-16H2,(H,24,25). The van der Waals surface area contributed by atoms with E-state index in [1.165, 1.54) is 5.69 Å². The third-order valence-electron chi connectivity index (χ3n) is 5.72. The number of amides is 1. The second-order valence-electron chi connectivity index (χ2n) is 7.51. The van der Waals surface area contributed by atoms with Crippen molar-refractivity contribution in [2.45, 2.75) is 44.9 Å². The van der Waals surface area contributed by atoms with E-state index in [0.29, 0.717) is 6.42 Å². The van der Waals surface area contributed by atoms with Crippen LogP contribution in [0.1, 0.15) is 44.9 Å². The van der Waals surface area contributed by atoms with Gasteiger partial charge in [0.1, 0.15) is 0 Å². The normalized spacial score (nSPS) is 20.3. The summed E-state index contributed by atoms with van der Waals surface area (Å²) in [4.78, 5) is 28.3. The van der Waals surface area contributed by atoms with E-state index in [9.17, 15) is 14.7 Å². The van der Waals surface area contributed by atoms with Crippen molar-refractivity contribution in [2.75, 3.05) is 31.1 Å². The molecule has 136 valence electrons. The second-order valence-corrected chi connectivity index (χ2v) is 7.51. The lowest BCUT2D eigenvalue weighted by Gasteiger charge is -2.40. The molecule has 1 heterocycles. The molecule has 1 saturated heterocycles. The summed E-state index contributed by atoms with van der Waals surface area (Å²) in [6.07, 6.45) is 5.51. The molecule has 5 nitrogen and oxygen atoms in total. The molecule has 2 fully saturated rings. The molecule has 5 heteroatoms. The van der Waals surface area contributed by atoms with E-state index in [1.807, 2.05) is 23.1 Å². The molecule has 0 radical (unpaired) electrons. The van der Waals surface area contributed by atoms with Crippen molar-refractivity contribution in [1.29, 1.82) is 0 Å². The summed E-state index contributed by atoms with van der Waals surface area (Å²) in [5, 5.41) is 9.28. The summed E-state index contributed by atoms with van der Waals surface area (Å²) < 4.78 is 0. The first-order chi connectivity index (χ1) is 12.1. The summed E-state index contributed by atoms with van der Waals surface area (Å²) in [5.74, 6) is -0.639. The van der Waals surface area contributed by atoms with E-state index in [1.54, 1.807) is 0 Å². The summed E-state index contributed by atoms with van der Waals surface area (Å²) in [6.45, 7) is 3.11. The molecule has 1 aromatic rings. The van der Waals surface area contributed by atoms with Gasteiger partial charge in [-0.1, -0.05) is 37.5 Å². The van der Waals surface area contributed by atoms with E-state index < -0.39 is 5.97 Å². The fourth-order valence-electron chi connectivity index (χ4n) is 4.32. The van der Waals surface area contributed by atoms with Gasteiger partial charge in [0.25, 0.3) is 0 Å². The Hall–Kier alpha value is -2.04. The molecule has 1 saturated carbocycles. The lowest BCUT2D eigenvalue weighted by Crippen LogP contribution is -2.50. The molecule has 0 bridgehead atoms. The SMILES string of the molecule is O=C(O)CC1(CC(=O)N2CCN(c3ccccc3)CC2)CCCCC1. The second kappa shape index (κ2) is 7.89. The number of piperazine rings is 1. The van der Waals surface area contributed by atoms with E-state index in [0.717, 1.165) is 58.3 Å². The van der Waals surface area contributed by atoms with Crippen LogP contribution in [-0.4, -0.2) is 48.1 Å². The number of hydrogen-bond donors (Lipinski definition) is 1. The number of nitrogens with zero attached hydrogens (tertiary/aromatic N) is 2. The molecule has 3 rings (SSSR count). The average Bonchev–Trinajstić information content (AvgIpc) is 2.62. The number of carbonyl (C=O) groups is 2. The number of rotatable bonds is 5. The Labute approximate surface area is 149 Å². The average molecular weight is 344 g/mol. The van der Waals surface area contributed by atoms with Crippen molar-refractivity contribution in [2.24, 2.45) is 5.41 Å². The summed E-state index contributed by atoms with van der Waals surface area (Å²) >= 11 is 0. The van der Waals surface area contributed by atoms with Crippen molar-refractivity contribution in [3.05, 3.63) is 30.3 Å². The van der Waals surface area contributed by atoms with Gasteiger partial charge in [-0.05, 0) is 30.4 Å². The first-order valence-electron chi connectivity index (χ1n) is 9.38. The van der Waals surface area contributed by atoms with Crippen LogP contribution in [0.15, 0.2) is 30.3 Å². The molecule has 0 spiro atoms. The molecule has 1 aromatic carbocycles. The maximum Gasteiger partial charge on any atom is 0.303 e. The van der Waals surface area contributed by atoms with Gasteiger partial charge in [-0.2, -0.15) is 0 Å². The highest BCUT2D eigenvalue weighted by molar-refractivity contribution is 5.78. The Bertz CT molecular complexity index is 588. The predicted octanol–water partition coefficient (Wildman–Crippen LogP) is 3.15. The van der Waals surface area contributed by atoms with Crippen LogP contribution in [0.2, 0.25) is 0 Å². The summed E-state index contributed by atoms with van der Waals surface area (Å²) in [7, 11) is 0. The molecule has 25 heavy (non-hydrogen) atoms. The van der Waals surface area contributed by atoms with Crippen molar-refractivity contribution in [3.8, 4) is 0 Å². The van der Waals surface area contributed by atoms with Gasteiger partial charge in [-0.3, -0.25) is 9.59 Å². The van der Waals surface area contributed by atoms with E-state index in [-0.39, 0.29) is 17.7 Å². The third-order valence-corrected chi connectivity index (χ3v) is 5.72. The minimum absolute atomic E-state index is 0.128. The minimum atomic E-state index is -0.774. The smallest absolute Gasteiger partial charge is 0.303 e. The summed E-state index contributed by atoms with van der Waals surface area (Å²) in [5.41, 5.74) is 0.877.